The van der Waals surface area contributed by atoms with Gasteiger partial charge in [-0.25, -0.2) is 13.1 Å². The predicted molar refractivity (Wildman–Crippen MR) is 102 cm³/mol. The fourth-order valence-corrected chi connectivity index (χ4v) is 4.39. The fraction of sp³-hybridized carbons (Fsp3) is 0.333. The molecule has 140 valence electrons. The van der Waals surface area contributed by atoms with Crippen molar-refractivity contribution in [3.05, 3.63) is 62.7 Å². The average molecular weight is 377 g/mol. The predicted octanol–water partition coefficient (Wildman–Crippen LogP) is 3.22. The zero-order valence-corrected chi connectivity index (χ0v) is 16.1. The van der Waals surface area contributed by atoms with E-state index >= 15 is 0 Å². The molecule has 0 saturated carbocycles. The maximum absolute atomic E-state index is 12.7. The van der Waals surface area contributed by atoms with Crippen molar-refractivity contribution in [2.24, 2.45) is 0 Å². The molecule has 2 aromatic carbocycles. The molecule has 0 amide bonds. The first-order valence-electron chi connectivity index (χ1n) is 8.19. The van der Waals surface area contributed by atoms with Crippen molar-refractivity contribution < 1.29 is 13.3 Å². The zero-order valence-electron chi connectivity index (χ0n) is 15.3. The number of aryl methyl sites for hydroxylation is 2. The van der Waals surface area contributed by atoms with Crippen molar-refractivity contribution in [1.29, 1.82) is 0 Å². The number of anilines is 1. The van der Waals surface area contributed by atoms with E-state index in [1.165, 1.54) is 12.1 Å². The highest BCUT2D eigenvalue weighted by atomic mass is 32.2. The minimum Gasteiger partial charge on any atom is -0.384 e. The highest BCUT2D eigenvalue weighted by Crippen LogP contribution is 2.25. The van der Waals surface area contributed by atoms with Crippen LogP contribution in [-0.2, 0) is 10.0 Å². The van der Waals surface area contributed by atoms with Gasteiger partial charge in [-0.15, -0.1) is 0 Å². The molecule has 2 N–H and O–H groups in total. The van der Waals surface area contributed by atoms with Gasteiger partial charge in [0.25, 0.3) is 5.69 Å². The number of nitrogens with one attached hydrogen (secondary N) is 2. The molecule has 7 nitrogen and oxygen atoms in total. The van der Waals surface area contributed by atoms with Gasteiger partial charge in [0, 0.05) is 30.9 Å². The molecule has 0 radical (unpaired) electrons. The van der Waals surface area contributed by atoms with Crippen molar-refractivity contribution in [3.63, 3.8) is 0 Å². The Morgan fingerprint density at radius 3 is 2.00 bits per heavy atom. The number of non-ortho nitro benzene ring substituents is 1. The number of hydrogen-bond donors (Lipinski definition) is 2. The lowest BCUT2D eigenvalue weighted by atomic mass is 10.0. The second-order valence-electron chi connectivity index (χ2n) is 6.22. The third kappa shape index (κ3) is 4.39. The molecule has 0 unspecified atom stereocenters. The summed E-state index contributed by atoms with van der Waals surface area (Å²) in [6, 6.07) is 7.96. The topological polar surface area (TPSA) is 101 Å². The van der Waals surface area contributed by atoms with E-state index in [9.17, 15) is 18.5 Å². The Morgan fingerprint density at radius 2 is 1.50 bits per heavy atom. The lowest BCUT2D eigenvalue weighted by Gasteiger charge is -2.16. The summed E-state index contributed by atoms with van der Waals surface area (Å²) in [6.07, 6.45) is 0. The van der Waals surface area contributed by atoms with Crippen LogP contribution in [0.1, 0.15) is 22.3 Å². The molecular formula is C18H23N3O4S. The van der Waals surface area contributed by atoms with Crippen molar-refractivity contribution >= 4 is 21.4 Å². The molecular weight excluding hydrogens is 354 g/mol. The molecule has 0 aliphatic carbocycles. The van der Waals surface area contributed by atoms with E-state index in [0.29, 0.717) is 17.1 Å². The Morgan fingerprint density at radius 1 is 0.962 bits per heavy atom. The van der Waals surface area contributed by atoms with Crippen LogP contribution in [0.15, 0.2) is 35.2 Å². The Balaban J connectivity index is 2.02. The lowest BCUT2D eigenvalue weighted by Crippen LogP contribution is -2.30. The van der Waals surface area contributed by atoms with Crippen LogP contribution < -0.4 is 10.0 Å². The number of hydrogen-bond acceptors (Lipinski definition) is 5. The summed E-state index contributed by atoms with van der Waals surface area (Å²) in [5.74, 6) is 0. The number of benzene rings is 2. The summed E-state index contributed by atoms with van der Waals surface area (Å²) in [6.45, 7) is 7.98. The van der Waals surface area contributed by atoms with Gasteiger partial charge in [0.2, 0.25) is 10.0 Å². The van der Waals surface area contributed by atoms with Crippen molar-refractivity contribution in [2.75, 3.05) is 18.4 Å². The first-order valence-corrected chi connectivity index (χ1v) is 9.67. The summed E-state index contributed by atoms with van der Waals surface area (Å²) < 4.78 is 28.0. The Kier molecular flexibility index (Phi) is 5.99. The molecule has 0 spiro atoms. The van der Waals surface area contributed by atoms with Crippen molar-refractivity contribution in [2.45, 2.75) is 32.6 Å². The highest BCUT2D eigenvalue weighted by molar-refractivity contribution is 7.89. The van der Waals surface area contributed by atoms with E-state index < -0.39 is 14.9 Å². The average Bonchev–Trinajstić information content (AvgIpc) is 2.57. The third-order valence-corrected chi connectivity index (χ3v) is 6.12. The van der Waals surface area contributed by atoms with Gasteiger partial charge >= 0.3 is 0 Å². The molecule has 2 aromatic rings. The standard InChI is InChI=1S/C18H23N3O4S/c1-12-11-13(2)15(4)18(14(12)3)26(24,25)20-10-9-19-16-5-7-17(8-6-16)21(22)23/h5-8,11,19-20H,9-10H2,1-4H3. The number of rotatable bonds is 7. The smallest absolute Gasteiger partial charge is 0.269 e. The van der Waals surface area contributed by atoms with Gasteiger partial charge in [-0.1, -0.05) is 6.07 Å². The minimum atomic E-state index is -3.62. The quantitative estimate of drug-likeness (QED) is 0.438. The second-order valence-corrected chi connectivity index (χ2v) is 7.92. The van der Waals surface area contributed by atoms with Crippen LogP contribution in [-0.4, -0.2) is 26.4 Å². The monoisotopic (exact) mass is 377 g/mol. The maximum atomic E-state index is 12.7. The second kappa shape index (κ2) is 7.84. The summed E-state index contributed by atoms with van der Waals surface area (Å²) in [7, 11) is -3.62. The highest BCUT2D eigenvalue weighted by Gasteiger charge is 2.21. The van der Waals surface area contributed by atoms with Gasteiger partial charge in [0.15, 0.2) is 0 Å². The summed E-state index contributed by atoms with van der Waals surface area (Å²) in [4.78, 5) is 10.5. The van der Waals surface area contributed by atoms with Gasteiger partial charge in [-0.2, -0.15) is 0 Å². The van der Waals surface area contributed by atoms with E-state index in [2.05, 4.69) is 10.0 Å². The first-order chi connectivity index (χ1) is 12.1. The van der Waals surface area contributed by atoms with Crippen LogP contribution >= 0.6 is 0 Å². The Hall–Kier alpha value is -2.45. The van der Waals surface area contributed by atoms with Crippen LogP contribution in [0.25, 0.3) is 0 Å². The molecule has 0 aromatic heterocycles. The third-order valence-electron chi connectivity index (χ3n) is 4.39. The molecule has 2 rings (SSSR count). The molecule has 26 heavy (non-hydrogen) atoms. The molecule has 0 aliphatic rings. The van der Waals surface area contributed by atoms with Crippen LogP contribution in [0.5, 0.6) is 0 Å². The molecule has 8 heteroatoms. The normalized spacial score (nSPS) is 11.4. The summed E-state index contributed by atoms with van der Waals surface area (Å²) in [5.41, 5.74) is 4.09. The van der Waals surface area contributed by atoms with Crippen molar-refractivity contribution in [1.82, 2.24) is 4.72 Å². The van der Waals surface area contributed by atoms with E-state index in [-0.39, 0.29) is 12.2 Å². The van der Waals surface area contributed by atoms with Gasteiger partial charge in [0.1, 0.15) is 0 Å². The Labute approximate surface area is 153 Å². The van der Waals surface area contributed by atoms with E-state index in [1.807, 2.05) is 33.8 Å². The first kappa shape index (κ1) is 19.9. The lowest BCUT2D eigenvalue weighted by molar-refractivity contribution is -0.384. The molecule has 0 saturated heterocycles. The van der Waals surface area contributed by atoms with E-state index in [4.69, 9.17) is 0 Å². The van der Waals surface area contributed by atoms with Crippen molar-refractivity contribution in [3.8, 4) is 0 Å². The van der Waals surface area contributed by atoms with E-state index in [0.717, 1.165) is 22.3 Å². The zero-order chi connectivity index (χ0) is 19.5. The van der Waals surface area contributed by atoms with Gasteiger partial charge in [-0.3, -0.25) is 10.1 Å². The largest absolute Gasteiger partial charge is 0.384 e. The minimum absolute atomic E-state index is 0.0111. The Bertz CT molecular complexity index is 896. The molecule has 0 heterocycles. The van der Waals surface area contributed by atoms with Gasteiger partial charge < -0.3 is 5.32 Å². The summed E-state index contributed by atoms with van der Waals surface area (Å²) in [5, 5.41) is 13.7. The maximum Gasteiger partial charge on any atom is 0.269 e. The van der Waals surface area contributed by atoms with Crippen LogP contribution in [0.3, 0.4) is 0 Å². The SMILES string of the molecule is Cc1cc(C)c(C)c(S(=O)(=O)NCCNc2ccc([N+](=O)[O-])cc2)c1C. The molecule has 0 bridgehead atoms. The van der Waals surface area contributed by atoms with Crippen LogP contribution in [0.2, 0.25) is 0 Å². The molecule has 0 atom stereocenters. The molecule has 0 fully saturated rings. The number of nitro groups is 1. The number of nitro benzene ring substituents is 1. The summed E-state index contributed by atoms with van der Waals surface area (Å²) >= 11 is 0. The van der Waals surface area contributed by atoms with Gasteiger partial charge in [-0.05, 0) is 62.1 Å². The van der Waals surface area contributed by atoms with Crippen LogP contribution in [0, 0.1) is 37.8 Å². The fourth-order valence-electron chi connectivity index (χ4n) is 2.75. The molecule has 0 aliphatic heterocycles. The van der Waals surface area contributed by atoms with Crippen LogP contribution in [0.4, 0.5) is 11.4 Å². The number of sulfonamides is 1. The number of nitrogens with zero attached hydrogens (tertiary/aromatic N) is 1. The van der Waals surface area contributed by atoms with Gasteiger partial charge in [0.05, 0.1) is 9.82 Å². The van der Waals surface area contributed by atoms with E-state index in [1.54, 1.807) is 12.1 Å².